The quantitative estimate of drug-likeness (QED) is 0.406. The molecular formula is C22H27NO5. The van der Waals surface area contributed by atoms with E-state index in [1.807, 2.05) is 36.4 Å². The summed E-state index contributed by atoms with van der Waals surface area (Å²) in [6.45, 7) is -0.105. The first-order valence-electron chi connectivity index (χ1n) is 9.51. The van der Waals surface area contributed by atoms with Crippen molar-refractivity contribution in [3.63, 3.8) is 0 Å². The number of aliphatic hydroxyl groups excluding tert-OH is 1. The van der Waals surface area contributed by atoms with Crippen LogP contribution < -0.4 is 0 Å². The zero-order chi connectivity index (χ0) is 20.2. The number of carboxylic acids is 1. The van der Waals surface area contributed by atoms with Crippen molar-refractivity contribution in [3.05, 3.63) is 48.0 Å². The summed E-state index contributed by atoms with van der Waals surface area (Å²) in [5, 5.41) is 18.8. The third kappa shape index (κ3) is 7.95. The van der Waals surface area contributed by atoms with Gasteiger partial charge in [0.1, 0.15) is 13.2 Å². The third-order valence-corrected chi connectivity index (χ3v) is 4.48. The van der Waals surface area contributed by atoms with Crippen molar-refractivity contribution in [2.75, 3.05) is 19.8 Å². The van der Waals surface area contributed by atoms with Gasteiger partial charge >= 0.3 is 5.97 Å². The first kappa shape index (κ1) is 21.7. The molecule has 1 aliphatic heterocycles. The van der Waals surface area contributed by atoms with Crippen molar-refractivity contribution in [2.45, 2.75) is 44.2 Å². The van der Waals surface area contributed by atoms with Crippen LogP contribution in [0.1, 0.15) is 31.2 Å². The van der Waals surface area contributed by atoms with Gasteiger partial charge in [0.2, 0.25) is 5.91 Å². The molecule has 2 N–H and O–H groups in total. The van der Waals surface area contributed by atoms with Gasteiger partial charge in [-0.3, -0.25) is 4.79 Å². The molecule has 2 atom stereocenters. The highest BCUT2D eigenvalue weighted by molar-refractivity contribution is 5.77. The van der Waals surface area contributed by atoms with E-state index in [1.54, 1.807) is 11.0 Å². The van der Waals surface area contributed by atoms with Crippen LogP contribution in [0.3, 0.4) is 0 Å². The van der Waals surface area contributed by atoms with E-state index in [0.717, 1.165) is 24.8 Å². The largest absolute Gasteiger partial charge is 0.480 e. The Morgan fingerprint density at radius 3 is 2.82 bits per heavy atom. The Labute approximate surface area is 165 Å². The van der Waals surface area contributed by atoms with Gasteiger partial charge in [0.15, 0.2) is 0 Å². The molecule has 1 aromatic rings. The smallest absolute Gasteiger partial charge is 0.329 e. The molecule has 1 saturated heterocycles. The van der Waals surface area contributed by atoms with Crippen LogP contribution in [0, 0.1) is 11.8 Å². The molecule has 1 aliphatic rings. The van der Waals surface area contributed by atoms with Gasteiger partial charge in [0.25, 0.3) is 0 Å². The fourth-order valence-corrected chi connectivity index (χ4v) is 3.08. The molecular weight excluding hydrogens is 358 g/mol. The third-order valence-electron chi connectivity index (χ3n) is 4.48. The lowest BCUT2D eigenvalue weighted by molar-refractivity contribution is -0.141. The Balaban J connectivity index is 1.93. The Bertz CT molecular complexity index is 719. The lowest BCUT2D eigenvalue weighted by Crippen LogP contribution is -2.38. The van der Waals surface area contributed by atoms with Crippen molar-refractivity contribution in [2.24, 2.45) is 0 Å². The Morgan fingerprint density at radius 1 is 1.29 bits per heavy atom. The van der Waals surface area contributed by atoms with Gasteiger partial charge in [0, 0.05) is 12.8 Å². The molecule has 1 fully saturated rings. The predicted octanol–water partition coefficient (Wildman–Crippen LogP) is 2.02. The number of hydrogen-bond donors (Lipinski definition) is 2. The van der Waals surface area contributed by atoms with Gasteiger partial charge in [0.05, 0.1) is 18.7 Å². The predicted molar refractivity (Wildman–Crippen MR) is 105 cm³/mol. The summed E-state index contributed by atoms with van der Waals surface area (Å²) in [7, 11) is 0. The maximum absolute atomic E-state index is 12.4. The fourth-order valence-electron chi connectivity index (χ4n) is 3.08. The molecule has 0 radical (unpaired) electrons. The summed E-state index contributed by atoms with van der Waals surface area (Å²) in [6.07, 6.45) is 6.69. The topological polar surface area (TPSA) is 87.1 Å². The number of ether oxygens (including phenoxy) is 1. The molecule has 28 heavy (non-hydrogen) atoms. The van der Waals surface area contributed by atoms with Crippen molar-refractivity contribution in [3.8, 4) is 11.8 Å². The molecule has 0 bridgehead atoms. The number of benzene rings is 1. The van der Waals surface area contributed by atoms with E-state index >= 15 is 0 Å². The van der Waals surface area contributed by atoms with Gasteiger partial charge in [-0.1, -0.05) is 60.7 Å². The van der Waals surface area contributed by atoms with Gasteiger partial charge in [-0.2, -0.15) is 0 Å². The molecule has 1 amide bonds. The number of carbonyl (C=O) groups excluding carboxylic acids is 1. The molecule has 6 heteroatoms. The molecule has 150 valence electrons. The second kappa shape index (κ2) is 12.0. The summed E-state index contributed by atoms with van der Waals surface area (Å²) < 4.78 is 4.87. The van der Waals surface area contributed by atoms with Gasteiger partial charge in [-0.15, -0.1) is 0 Å². The number of amides is 1. The van der Waals surface area contributed by atoms with Crippen molar-refractivity contribution in [1.29, 1.82) is 0 Å². The molecule has 1 unspecified atom stereocenters. The average Bonchev–Trinajstić information content (AvgIpc) is 2.85. The molecule has 6 nitrogen and oxygen atoms in total. The molecule has 1 aromatic carbocycles. The molecule has 0 aromatic heterocycles. The number of carbonyl (C=O) groups is 2. The van der Waals surface area contributed by atoms with Crippen LogP contribution >= 0.6 is 0 Å². The van der Waals surface area contributed by atoms with Crippen molar-refractivity contribution < 1.29 is 24.5 Å². The lowest BCUT2D eigenvalue weighted by Gasteiger charge is -2.26. The monoisotopic (exact) mass is 385 g/mol. The average molecular weight is 385 g/mol. The zero-order valence-electron chi connectivity index (χ0n) is 15.9. The van der Waals surface area contributed by atoms with E-state index in [-0.39, 0.29) is 31.7 Å². The first-order chi connectivity index (χ1) is 13.6. The number of aliphatic carboxylic acids is 1. The molecule has 0 saturated carbocycles. The van der Waals surface area contributed by atoms with E-state index < -0.39 is 12.1 Å². The molecule has 1 heterocycles. The number of likely N-dealkylation sites (tertiary alicyclic amines) is 1. The van der Waals surface area contributed by atoms with Crippen LogP contribution in [0.2, 0.25) is 0 Å². The van der Waals surface area contributed by atoms with E-state index in [4.69, 9.17) is 9.84 Å². The number of nitrogens with zero attached hydrogens (tertiary/aromatic N) is 1. The van der Waals surface area contributed by atoms with Crippen LogP contribution in [-0.4, -0.2) is 58.9 Å². The van der Waals surface area contributed by atoms with E-state index in [0.29, 0.717) is 12.8 Å². The van der Waals surface area contributed by atoms with Crippen molar-refractivity contribution in [1.82, 2.24) is 4.90 Å². The SMILES string of the molecule is O=C(O)COCC#CCN1C(=O)CCCC[C@@H]1/C=C/C(O)Cc1ccccc1. The Hall–Kier alpha value is -2.62. The molecule has 2 rings (SSSR count). The summed E-state index contributed by atoms with van der Waals surface area (Å²) in [5.41, 5.74) is 1.06. The van der Waals surface area contributed by atoms with E-state index in [1.165, 1.54) is 0 Å². The van der Waals surface area contributed by atoms with E-state index in [9.17, 15) is 14.7 Å². The van der Waals surface area contributed by atoms with Gasteiger partial charge in [-0.25, -0.2) is 4.79 Å². The summed E-state index contributed by atoms with van der Waals surface area (Å²) in [5.74, 6) is 4.64. The summed E-state index contributed by atoms with van der Waals surface area (Å²) >= 11 is 0. The number of rotatable bonds is 8. The van der Waals surface area contributed by atoms with Crippen LogP contribution in [0.25, 0.3) is 0 Å². The first-order valence-corrected chi connectivity index (χ1v) is 9.51. The highest BCUT2D eigenvalue weighted by Crippen LogP contribution is 2.19. The fraction of sp³-hybridized carbons (Fsp3) is 0.455. The van der Waals surface area contributed by atoms with Crippen LogP contribution in [0.15, 0.2) is 42.5 Å². The Kier molecular flexibility index (Phi) is 9.26. The van der Waals surface area contributed by atoms with Crippen LogP contribution in [0.5, 0.6) is 0 Å². The van der Waals surface area contributed by atoms with Gasteiger partial charge < -0.3 is 19.8 Å². The highest BCUT2D eigenvalue weighted by atomic mass is 16.5. The second-order valence-electron chi connectivity index (χ2n) is 6.72. The number of carboxylic acid groups (broad SMARTS) is 1. The minimum absolute atomic E-state index is 0.0185. The Morgan fingerprint density at radius 2 is 2.07 bits per heavy atom. The lowest BCUT2D eigenvalue weighted by atomic mass is 10.0. The van der Waals surface area contributed by atoms with E-state index in [2.05, 4.69) is 11.8 Å². The summed E-state index contributed by atoms with van der Waals surface area (Å²) in [6, 6.07) is 9.66. The maximum atomic E-state index is 12.4. The maximum Gasteiger partial charge on any atom is 0.329 e. The molecule has 0 spiro atoms. The van der Waals surface area contributed by atoms with Crippen molar-refractivity contribution >= 4 is 11.9 Å². The van der Waals surface area contributed by atoms with Crippen LogP contribution in [-0.2, 0) is 20.7 Å². The van der Waals surface area contributed by atoms with Crippen LogP contribution in [0.4, 0.5) is 0 Å². The minimum Gasteiger partial charge on any atom is -0.480 e. The standard InChI is InChI=1S/C22H27NO5/c24-20(16-18-8-2-1-3-9-18)13-12-19-10-4-5-11-21(25)23(19)14-6-7-15-28-17-22(26)27/h1-3,8-9,12-13,19-20,24H,4-5,10-11,14-17H2,(H,26,27)/b13-12+/t19-,20?/m1/s1. The number of hydrogen-bond acceptors (Lipinski definition) is 4. The highest BCUT2D eigenvalue weighted by Gasteiger charge is 2.23. The normalized spacial score (nSPS) is 18.4. The number of aliphatic hydroxyl groups is 1. The minimum atomic E-state index is -1.04. The molecule has 0 aliphatic carbocycles. The zero-order valence-corrected chi connectivity index (χ0v) is 15.9. The van der Waals surface area contributed by atoms with Gasteiger partial charge in [-0.05, 0) is 18.4 Å². The summed E-state index contributed by atoms with van der Waals surface area (Å²) in [4.78, 5) is 24.5. The second-order valence-corrected chi connectivity index (χ2v) is 6.72.